The van der Waals surface area contributed by atoms with Crippen LogP contribution in [0.15, 0.2) is 48.5 Å². The number of hydrogen-bond acceptors (Lipinski definition) is 4. The Morgan fingerprint density at radius 2 is 1.36 bits per heavy atom. The van der Waals surface area contributed by atoms with Gasteiger partial charge in [0.2, 0.25) is 5.91 Å². The Morgan fingerprint density at radius 3 is 1.94 bits per heavy atom. The van der Waals surface area contributed by atoms with E-state index in [0.717, 1.165) is 32.4 Å². The van der Waals surface area contributed by atoms with Gasteiger partial charge in [0.1, 0.15) is 17.1 Å². The van der Waals surface area contributed by atoms with E-state index in [9.17, 15) is 9.59 Å². The third-order valence-electron chi connectivity index (χ3n) is 7.07. The average molecular weight is 451 g/mol. The highest BCUT2D eigenvalue weighted by atomic mass is 16.5. The summed E-state index contributed by atoms with van der Waals surface area (Å²) in [6.07, 6.45) is 4.62. The lowest BCUT2D eigenvalue weighted by Crippen LogP contribution is -2.46. The first-order valence-corrected chi connectivity index (χ1v) is 11.9. The summed E-state index contributed by atoms with van der Waals surface area (Å²) < 4.78 is 10.8. The Labute approximate surface area is 196 Å². The second-order valence-corrected chi connectivity index (χ2v) is 9.06. The number of methoxy groups -OCH3 is 2. The molecule has 2 aliphatic rings. The maximum Gasteiger partial charge on any atom is 0.261 e. The molecule has 0 bridgehead atoms. The molecule has 2 amide bonds. The van der Waals surface area contributed by atoms with Gasteiger partial charge in [-0.3, -0.25) is 9.59 Å². The van der Waals surface area contributed by atoms with Crippen LogP contribution in [0.2, 0.25) is 0 Å². The number of likely N-dealkylation sites (tertiary alicyclic amines) is 2. The van der Waals surface area contributed by atoms with Crippen LogP contribution in [0.3, 0.4) is 0 Å². The van der Waals surface area contributed by atoms with E-state index in [4.69, 9.17) is 9.47 Å². The minimum absolute atomic E-state index is 0.000659. The van der Waals surface area contributed by atoms with Gasteiger partial charge >= 0.3 is 0 Å². The minimum atomic E-state index is -0.100. The predicted molar refractivity (Wildman–Crippen MR) is 128 cm³/mol. The van der Waals surface area contributed by atoms with Crippen molar-refractivity contribution in [1.82, 2.24) is 9.80 Å². The second kappa shape index (κ2) is 10.7. The van der Waals surface area contributed by atoms with Crippen molar-refractivity contribution in [3.05, 3.63) is 59.7 Å². The highest BCUT2D eigenvalue weighted by Gasteiger charge is 2.33. The summed E-state index contributed by atoms with van der Waals surface area (Å²) in [6, 6.07) is 16.0. The Balaban J connectivity index is 1.29. The maximum absolute atomic E-state index is 13.2. The van der Waals surface area contributed by atoms with Crippen molar-refractivity contribution in [2.45, 2.75) is 32.1 Å². The van der Waals surface area contributed by atoms with Crippen LogP contribution in [0.5, 0.6) is 11.5 Å². The topological polar surface area (TPSA) is 59.1 Å². The number of benzene rings is 2. The molecular weight excluding hydrogens is 416 g/mol. The lowest BCUT2D eigenvalue weighted by molar-refractivity contribution is -0.138. The summed E-state index contributed by atoms with van der Waals surface area (Å²) in [5.74, 6) is 1.82. The molecule has 2 heterocycles. The number of carbonyl (C=O) groups excluding carboxylic acids is 2. The third kappa shape index (κ3) is 5.32. The number of rotatable bonds is 6. The van der Waals surface area contributed by atoms with Crippen LogP contribution in [-0.4, -0.2) is 62.0 Å². The zero-order valence-electron chi connectivity index (χ0n) is 19.7. The first-order chi connectivity index (χ1) is 16.1. The van der Waals surface area contributed by atoms with E-state index in [0.29, 0.717) is 48.9 Å². The van der Waals surface area contributed by atoms with Crippen molar-refractivity contribution in [1.29, 1.82) is 0 Å². The monoisotopic (exact) mass is 450 g/mol. The Hall–Kier alpha value is -3.02. The lowest BCUT2D eigenvalue weighted by atomic mass is 9.88. The summed E-state index contributed by atoms with van der Waals surface area (Å²) in [5, 5.41) is 0. The Bertz CT molecular complexity index is 924. The van der Waals surface area contributed by atoms with Crippen LogP contribution in [0, 0.1) is 11.8 Å². The van der Waals surface area contributed by atoms with Gasteiger partial charge in [0.25, 0.3) is 5.91 Å². The quantitative estimate of drug-likeness (QED) is 0.667. The van der Waals surface area contributed by atoms with Gasteiger partial charge in [0, 0.05) is 32.1 Å². The molecule has 0 aromatic heterocycles. The van der Waals surface area contributed by atoms with Gasteiger partial charge in [-0.1, -0.05) is 36.4 Å². The van der Waals surface area contributed by atoms with Crippen LogP contribution in [0.4, 0.5) is 0 Å². The number of amides is 2. The van der Waals surface area contributed by atoms with E-state index < -0.39 is 0 Å². The van der Waals surface area contributed by atoms with Crippen LogP contribution in [-0.2, 0) is 11.2 Å². The molecule has 0 saturated carbocycles. The molecule has 2 aliphatic heterocycles. The fourth-order valence-corrected chi connectivity index (χ4v) is 5.11. The van der Waals surface area contributed by atoms with Crippen molar-refractivity contribution < 1.29 is 19.1 Å². The van der Waals surface area contributed by atoms with Crippen molar-refractivity contribution in [3.8, 4) is 11.5 Å². The molecule has 2 aromatic carbocycles. The molecule has 6 nitrogen and oxygen atoms in total. The molecule has 2 aromatic rings. The highest BCUT2D eigenvalue weighted by molar-refractivity contribution is 6.00. The van der Waals surface area contributed by atoms with Crippen LogP contribution < -0.4 is 9.47 Å². The molecule has 4 rings (SSSR count). The summed E-state index contributed by atoms with van der Waals surface area (Å²) in [6.45, 7) is 2.82. The summed E-state index contributed by atoms with van der Waals surface area (Å²) in [5.41, 5.74) is 1.83. The van der Waals surface area contributed by atoms with Crippen LogP contribution >= 0.6 is 0 Å². The molecule has 0 N–H and O–H groups in total. The van der Waals surface area contributed by atoms with Gasteiger partial charge in [0.15, 0.2) is 0 Å². The first kappa shape index (κ1) is 23.1. The fourth-order valence-electron chi connectivity index (χ4n) is 5.11. The molecule has 0 atom stereocenters. The molecule has 176 valence electrons. The van der Waals surface area contributed by atoms with Crippen LogP contribution in [0.1, 0.15) is 41.6 Å². The molecule has 6 heteroatoms. The van der Waals surface area contributed by atoms with Gasteiger partial charge in [0.05, 0.1) is 14.2 Å². The zero-order chi connectivity index (χ0) is 23.2. The molecular formula is C27H34N2O4. The highest BCUT2D eigenvalue weighted by Crippen LogP contribution is 2.32. The van der Waals surface area contributed by atoms with E-state index in [1.165, 1.54) is 5.56 Å². The van der Waals surface area contributed by atoms with Gasteiger partial charge in [-0.15, -0.1) is 0 Å². The summed E-state index contributed by atoms with van der Waals surface area (Å²) in [4.78, 5) is 30.2. The van der Waals surface area contributed by atoms with E-state index in [2.05, 4.69) is 30.3 Å². The van der Waals surface area contributed by atoms with Crippen molar-refractivity contribution >= 4 is 11.8 Å². The van der Waals surface area contributed by atoms with Crippen molar-refractivity contribution in [2.24, 2.45) is 11.8 Å². The summed E-state index contributed by atoms with van der Waals surface area (Å²) in [7, 11) is 3.11. The fraction of sp³-hybridized carbons (Fsp3) is 0.481. The minimum Gasteiger partial charge on any atom is -0.496 e. The molecule has 0 unspecified atom stereocenters. The Morgan fingerprint density at radius 1 is 0.788 bits per heavy atom. The van der Waals surface area contributed by atoms with Crippen LogP contribution in [0.25, 0.3) is 0 Å². The van der Waals surface area contributed by atoms with Gasteiger partial charge < -0.3 is 19.3 Å². The standard InChI is InChI=1S/C27H34N2O4/c1-32-23-9-6-10-24(33-2)25(23)27(31)29-17-13-22(14-18-29)26(30)28-15-11-21(12-16-28)19-20-7-4-3-5-8-20/h3-10,21-22H,11-19H2,1-2H3. The molecule has 0 radical (unpaired) electrons. The van der Waals surface area contributed by atoms with E-state index in [1.54, 1.807) is 26.4 Å². The number of ether oxygens (including phenoxy) is 2. The smallest absolute Gasteiger partial charge is 0.261 e. The molecule has 33 heavy (non-hydrogen) atoms. The SMILES string of the molecule is COc1cccc(OC)c1C(=O)N1CCC(C(=O)N2CCC(Cc3ccccc3)CC2)CC1. The van der Waals surface area contributed by atoms with E-state index in [1.807, 2.05) is 15.9 Å². The lowest BCUT2D eigenvalue weighted by Gasteiger charge is -2.37. The summed E-state index contributed by atoms with van der Waals surface area (Å²) >= 11 is 0. The third-order valence-corrected chi connectivity index (χ3v) is 7.07. The van der Waals surface area contributed by atoms with Gasteiger partial charge in [-0.2, -0.15) is 0 Å². The average Bonchev–Trinajstić information content (AvgIpc) is 2.88. The molecule has 0 spiro atoms. The van der Waals surface area contributed by atoms with Gasteiger partial charge in [-0.25, -0.2) is 0 Å². The normalized spacial score (nSPS) is 17.6. The number of carbonyl (C=O) groups is 2. The largest absolute Gasteiger partial charge is 0.496 e. The van der Waals surface area contributed by atoms with E-state index in [-0.39, 0.29) is 17.7 Å². The Kier molecular flexibility index (Phi) is 7.53. The predicted octanol–water partition coefficient (Wildman–Crippen LogP) is 4.04. The number of hydrogen-bond donors (Lipinski definition) is 0. The first-order valence-electron chi connectivity index (χ1n) is 11.9. The molecule has 2 saturated heterocycles. The van der Waals surface area contributed by atoms with E-state index >= 15 is 0 Å². The molecule has 2 fully saturated rings. The van der Waals surface area contributed by atoms with Gasteiger partial charge in [-0.05, 0) is 55.7 Å². The number of piperidine rings is 2. The maximum atomic E-state index is 13.2. The number of nitrogens with zero attached hydrogens (tertiary/aromatic N) is 2. The second-order valence-electron chi connectivity index (χ2n) is 9.06. The van der Waals surface area contributed by atoms with Crippen molar-refractivity contribution in [3.63, 3.8) is 0 Å². The molecule has 0 aliphatic carbocycles. The zero-order valence-corrected chi connectivity index (χ0v) is 19.7. The van der Waals surface area contributed by atoms with Crippen molar-refractivity contribution in [2.75, 3.05) is 40.4 Å².